The third-order valence-corrected chi connectivity index (χ3v) is 4.79. The molecule has 0 spiro atoms. The van der Waals surface area contributed by atoms with Crippen LogP contribution in [-0.4, -0.2) is 11.9 Å². The van der Waals surface area contributed by atoms with Crippen molar-refractivity contribution in [3.05, 3.63) is 46.7 Å². The predicted molar refractivity (Wildman–Crippen MR) is 97.8 cm³/mol. The molecule has 0 aliphatic carbocycles. The molecule has 0 saturated heterocycles. The Morgan fingerprint density at radius 1 is 1.36 bits per heavy atom. The number of benzene rings is 1. The molecule has 2 nitrogen and oxygen atoms in total. The Kier molecular flexibility index (Phi) is 4.49. The summed E-state index contributed by atoms with van der Waals surface area (Å²) in [6, 6.07) is 3.58. The minimum atomic E-state index is -0.272. The van der Waals surface area contributed by atoms with Crippen LogP contribution in [0.15, 0.2) is 39.7 Å². The monoisotopic (exact) mass is 316 g/mol. The first-order valence-corrected chi connectivity index (χ1v) is 7.78. The first-order valence-electron chi connectivity index (χ1n) is 7.20. The summed E-state index contributed by atoms with van der Waals surface area (Å²) in [4.78, 5) is 8.58. The van der Waals surface area contributed by atoms with Gasteiger partial charge in [-0.25, -0.2) is 4.39 Å². The molecule has 1 aromatic carbocycles. The van der Waals surface area contributed by atoms with Crippen molar-refractivity contribution in [3.8, 4) is 0 Å². The van der Waals surface area contributed by atoms with Crippen molar-refractivity contribution < 1.29 is 4.39 Å². The van der Waals surface area contributed by atoms with Gasteiger partial charge in [0, 0.05) is 23.0 Å². The van der Waals surface area contributed by atoms with E-state index in [1.807, 2.05) is 26.8 Å². The van der Waals surface area contributed by atoms with Gasteiger partial charge < -0.3 is 0 Å². The molecular weight excluding hydrogens is 294 g/mol. The van der Waals surface area contributed by atoms with Crippen LogP contribution in [0.5, 0.6) is 0 Å². The molecular formula is C18H22FN2P. The van der Waals surface area contributed by atoms with Crippen LogP contribution in [0.25, 0.3) is 5.57 Å². The summed E-state index contributed by atoms with van der Waals surface area (Å²) in [6.45, 7) is 13.6. The highest BCUT2D eigenvalue weighted by Crippen LogP contribution is 2.43. The van der Waals surface area contributed by atoms with E-state index in [1.54, 1.807) is 12.3 Å². The Bertz CT molecular complexity index is 740. The highest BCUT2D eigenvalue weighted by atomic mass is 31.0. The Balaban J connectivity index is 2.54. The lowest BCUT2D eigenvalue weighted by Crippen LogP contribution is -2.22. The van der Waals surface area contributed by atoms with Crippen LogP contribution in [-0.2, 0) is 5.41 Å². The third-order valence-electron chi connectivity index (χ3n) is 4.21. The molecule has 116 valence electrons. The van der Waals surface area contributed by atoms with E-state index in [-0.39, 0.29) is 11.2 Å². The maximum Gasteiger partial charge on any atom is 0.149 e. The largest absolute Gasteiger partial charge is 0.262 e. The minimum Gasteiger partial charge on any atom is -0.262 e. The molecule has 2 rings (SSSR count). The van der Waals surface area contributed by atoms with Crippen LogP contribution in [0.3, 0.4) is 0 Å². The van der Waals surface area contributed by atoms with E-state index in [0.29, 0.717) is 5.69 Å². The molecule has 0 radical (unpaired) electrons. The predicted octanol–water partition coefficient (Wildman–Crippen LogP) is 5.42. The zero-order valence-corrected chi connectivity index (χ0v) is 14.9. The highest BCUT2D eigenvalue weighted by molar-refractivity contribution is 7.25. The van der Waals surface area contributed by atoms with E-state index in [4.69, 9.17) is 0 Å². The SMILES string of the molecule is C=C(C)N=C/C(P)=C(\C)c1cc(F)c2c(c1)C(C)(C)C(C)=N2. The van der Waals surface area contributed by atoms with Gasteiger partial charge in [0.25, 0.3) is 0 Å². The second-order valence-electron chi connectivity index (χ2n) is 6.25. The fourth-order valence-corrected chi connectivity index (χ4v) is 2.59. The van der Waals surface area contributed by atoms with Crippen molar-refractivity contribution in [2.24, 2.45) is 9.98 Å². The Morgan fingerprint density at radius 3 is 2.59 bits per heavy atom. The van der Waals surface area contributed by atoms with Crippen molar-refractivity contribution in [1.82, 2.24) is 0 Å². The summed E-state index contributed by atoms with van der Waals surface area (Å²) in [5, 5.41) is 0.913. The van der Waals surface area contributed by atoms with E-state index < -0.39 is 0 Å². The van der Waals surface area contributed by atoms with E-state index in [0.717, 1.165) is 33.4 Å². The van der Waals surface area contributed by atoms with Gasteiger partial charge >= 0.3 is 0 Å². The summed E-state index contributed by atoms with van der Waals surface area (Å²) in [5.41, 5.74) is 4.67. The van der Waals surface area contributed by atoms with Crippen molar-refractivity contribution >= 4 is 32.4 Å². The average Bonchev–Trinajstić information content (AvgIpc) is 2.67. The molecule has 0 bridgehead atoms. The van der Waals surface area contributed by atoms with Gasteiger partial charge in [-0.3, -0.25) is 9.98 Å². The molecule has 1 aliphatic heterocycles. The zero-order valence-electron chi connectivity index (χ0n) is 13.8. The lowest BCUT2D eigenvalue weighted by Gasteiger charge is -2.21. The molecule has 22 heavy (non-hydrogen) atoms. The zero-order chi connectivity index (χ0) is 16.7. The van der Waals surface area contributed by atoms with Crippen molar-refractivity contribution in [3.63, 3.8) is 0 Å². The first kappa shape index (κ1) is 16.8. The molecule has 1 aliphatic rings. The fraction of sp³-hybridized carbons (Fsp3) is 0.333. The second kappa shape index (κ2) is 5.89. The third kappa shape index (κ3) is 2.96. The average molecular weight is 316 g/mol. The van der Waals surface area contributed by atoms with E-state index in [9.17, 15) is 4.39 Å². The number of hydrogen-bond donors (Lipinski definition) is 0. The maximum atomic E-state index is 14.4. The number of allylic oxidation sites excluding steroid dienone is 3. The Morgan fingerprint density at radius 2 is 2.00 bits per heavy atom. The number of fused-ring (bicyclic) bond motifs is 1. The van der Waals surface area contributed by atoms with Crippen LogP contribution in [0.1, 0.15) is 45.7 Å². The van der Waals surface area contributed by atoms with Gasteiger partial charge in [0.05, 0.1) is 0 Å². The van der Waals surface area contributed by atoms with Gasteiger partial charge in [0.2, 0.25) is 0 Å². The molecule has 0 saturated carbocycles. The molecule has 0 aromatic heterocycles. The molecule has 4 heteroatoms. The number of halogens is 1. The quantitative estimate of drug-likeness (QED) is 0.525. The topological polar surface area (TPSA) is 24.7 Å². The van der Waals surface area contributed by atoms with Crippen LogP contribution >= 0.6 is 9.24 Å². The molecule has 0 fully saturated rings. The number of aliphatic imine (C=N–C) groups is 2. The minimum absolute atomic E-state index is 0.237. The van der Waals surface area contributed by atoms with Gasteiger partial charge in [-0.05, 0) is 54.9 Å². The summed E-state index contributed by atoms with van der Waals surface area (Å²) >= 11 is 0. The number of nitrogens with zero attached hydrogens (tertiary/aromatic N) is 2. The smallest absolute Gasteiger partial charge is 0.149 e. The fourth-order valence-electron chi connectivity index (χ4n) is 2.35. The van der Waals surface area contributed by atoms with Gasteiger partial charge in [-0.1, -0.05) is 20.4 Å². The standard InChI is InChI=1S/C18H22FN2P/c1-10(2)20-9-16(22)11(3)13-7-14-17(15(19)8-13)21-12(4)18(14,5)6/h7-9H,1,22H2,2-6H3/b16-11-,20-9?. The van der Waals surface area contributed by atoms with Crippen molar-refractivity contribution in [2.45, 2.75) is 40.0 Å². The molecule has 1 aromatic rings. The molecule has 0 N–H and O–H groups in total. The Labute approximate surface area is 134 Å². The summed E-state index contributed by atoms with van der Waals surface area (Å²) in [6.07, 6.45) is 1.74. The molecule has 1 heterocycles. The lowest BCUT2D eigenvalue weighted by atomic mass is 9.81. The van der Waals surface area contributed by atoms with Crippen molar-refractivity contribution in [2.75, 3.05) is 0 Å². The van der Waals surface area contributed by atoms with E-state index >= 15 is 0 Å². The molecule has 0 amide bonds. The summed E-state index contributed by atoms with van der Waals surface area (Å²) in [7, 11) is 2.65. The first-order chi connectivity index (χ1) is 10.1. The van der Waals surface area contributed by atoms with Crippen molar-refractivity contribution in [1.29, 1.82) is 0 Å². The van der Waals surface area contributed by atoms with Crippen LogP contribution in [0.4, 0.5) is 10.1 Å². The summed E-state index contributed by atoms with van der Waals surface area (Å²) < 4.78 is 14.4. The second-order valence-corrected chi connectivity index (χ2v) is 6.87. The maximum absolute atomic E-state index is 14.4. The van der Waals surface area contributed by atoms with Gasteiger partial charge in [-0.2, -0.15) is 0 Å². The van der Waals surface area contributed by atoms with Crippen LogP contribution < -0.4 is 0 Å². The van der Waals surface area contributed by atoms with Crippen LogP contribution in [0.2, 0.25) is 0 Å². The normalized spacial score (nSPS) is 17.3. The van der Waals surface area contributed by atoms with Gasteiger partial charge in [0.15, 0.2) is 0 Å². The van der Waals surface area contributed by atoms with Gasteiger partial charge in [-0.15, -0.1) is 9.24 Å². The molecule has 1 atom stereocenters. The Hall–Kier alpha value is -1.60. The van der Waals surface area contributed by atoms with Gasteiger partial charge in [0.1, 0.15) is 11.5 Å². The summed E-state index contributed by atoms with van der Waals surface area (Å²) in [5.74, 6) is -0.272. The number of hydrogen-bond acceptors (Lipinski definition) is 2. The molecule has 1 unspecified atom stereocenters. The van der Waals surface area contributed by atoms with E-state index in [2.05, 4.69) is 39.7 Å². The van der Waals surface area contributed by atoms with Crippen LogP contribution in [0, 0.1) is 5.82 Å². The highest BCUT2D eigenvalue weighted by Gasteiger charge is 2.34. The lowest BCUT2D eigenvalue weighted by molar-refractivity contribution is 0.625. The number of rotatable bonds is 3. The van der Waals surface area contributed by atoms with E-state index in [1.165, 1.54) is 0 Å².